The van der Waals surface area contributed by atoms with Gasteiger partial charge in [-0.25, -0.2) is 4.98 Å². The highest BCUT2D eigenvalue weighted by Gasteiger charge is 2.19. The molecule has 0 saturated heterocycles. The van der Waals surface area contributed by atoms with Crippen LogP contribution in [-0.4, -0.2) is 30.4 Å². The van der Waals surface area contributed by atoms with Gasteiger partial charge in [0.1, 0.15) is 17.9 Å². The van der Waals surface area contributed by atoms with Crippen LogP contribution in [0.1, 0.15) is 19.4 Å². The van der Waals surface area contributed by atoms with Gasteiger partial charge in [-0.15, -0.1) is 0 Å². The van der Waals surface area contributed by atoms with Crippen LogP contribution in [0.3, 0.4) is 0 Å². The largest absolute Gasteiger partial charge is 0.495 e. The third kappa shape index (κ3) is 5.56. The number of ether oxygens (including phenoxy) is 1. The van der Waals surface area contributed by atoms with Gasteiger partial charge in [0.2, 0.25) is 5.95 Å². The van der Waals surface area contributed by atoms with Gasteiger partial charge in [0.15, 0.2) is 5.82 Å². The molecule has 0 aliphatic heterocycles. The second kappa shape index (κ2) is 8.87. The molecule has 4 N–H and O–H groups in total. The molecule has 0 amide bonds. The van der Waals surface area contributed by atoms with Gasteiger partial charge in [-0.05, 0) is 57.0 Å². The van der Waals surface area contributed by atoms with Gasteiger partial charge in [0.05, 0.1) is 24.7 Å². The molecule has 0 unspecified atom stereocenters. The molecule has 1 heterocycles. The summed E-state index contributed by atoms with van der Waals surface area (Å²) >= 11 is 6.32. The molecule has 0 saturated carbocycles. The number of hydrogen-bond acceptors (Lipinski definition) is 7. The van der Waals surface area contributed by atoms with Crippen LogP contribution in [0.4, 0.5) is 23.1 Å². The van der Waals surface area contributed by atoms with Crippen LogP contribution in [0.25, 0.3) is 0 Å². The Morgan fingerprint density at radius 1 is 1.10 bits per heavy atom. The lowest BCUT2D eigenvalue weighted by atomic mass is 9.95. The molecule has 0 fully saturated rings. The summed E-state index contributed by atoms with van der Waals surface area (Å²) in [6, 6.07) is 13.1. The molecular formula is C22H27ClN5O2P. The fraction of sp³-hybridized carbons (Fsp3) is 0.273. The van der Waals surface area contributed by atoms with E-state index in [0.717, 1.165) is 10.9 Å². The topological polar surface area (TPSA) is 102 Å². The first-order chi connectivity index (χ1) is 14.5. The predicted molar refractivity (Wildman–Crippen MR) is 129 cm³/mol. The van der Waals surface area contributed by atoms with E-state index in [4.69, 9.17) is 22.1 Å². The van der Waals surface area contributed by atoms with Crippen LogP contribution in [0, 0.1) is 0 Å². The van der Waals surface area contributed by atoms with Crippen molar-refractivity contribution in [3.05, 3.63) is 59.2 Å². The Morgan fingerprint density at radius 3 is 2.45 bits per heavy atom. The van der Waals surface area contributed by atoms with Crippen LogP contribution in [0.5, 0.6) is 5.75 Å². The minimum absolute atomic E-state index is 0.332. The van der Waals surface area contributed by atoms with E-state index >= 15 is 0 Å². The average molecular weight is 460 g/mol. The first-order valence-electron chi connectivity index (χ1n) is 9.67. The van der Waals surface area contributed by atoms with Gasteiger partial charge in [-0.3, -0.25) is 0 Å². The van der Waals surface area contributed by atoms with Gasteiger partial charge in [-0.2, -0.15) is 4.98 Å². The first kappa shape index (κ1) is 23.1. The number of anilines is 4. The highest BCUT2D eigenvalue weighted by molar-refractivity contribution is 7.70. The summed E-state index contributed by atoms with van der Waals surface area (Å²) in [6.45, 7) is 7.30. The molecule has 1 aromatic heterocycles. The number of aromatic nitrogens is 2. The van der Waals surface area contributed by atoms with E-state index in [9.17, 15) is 4.57 Å². The zero-order valence-corrected chi connectivity index (χ0v) is 19.9. The van der Waals surface area contributed by atoms with Crippen molar-refractivity contribution in [3.63, 3.8) is 0 Å². The Morgan fingerprint density at radius 2 is 1.81 bits per heavy atom. The number of halogens is 1. The van der Waals surface area contributed by atoms with Crippen molar-refractivity contribution in [2.75, 3.05) is 31.1 Å². The number of para-hydroxylation sites is 1. The van der Waals surface area contributed by atoms with E-state index in [1.807, 2.05) is 56.3 Å². The van der Waals surface area contributed by atoms with Crippen LogP contribution in [0.2, 0.25) is 5.02 Å². The first-order valence-corrected chi connectivity index (χ1v) is 12.7. The van der Waals surface area contributed by atoms with E-state index in [1.54, 1.807) is 20.4 Å². The standard InChI is InChI=1S/C22H27ClN5O2P/c1-22(2,24)14-10-11-16(18(12-14)30-3)27-21-25-13-15(23)20(28-21)26-17-8-6-7-9-19(17)31(4,5)29/h6-13H,24H2,1-5H3,(H2,25,26,27,28). The lowest BCUT2D eigenvalue weighted by Crippen LogP contribution is -2.28. The highest BCUT2D eigenvalue weighted by Crippen LogP contribution is 2.39. The van der Waals surface area contributed by atoms with Gasteiger partial charge in [0.25, 0.3) is 0 Å². The van der Waals surface area contributed by atoms with Gasteiger partial charge in [-0.1, -0.05) is 29.8 Å². The fourth-order valence-electron chi connectivity index (χ4n) is 3.01. The molecule has 164 valence electrons. The summed E-state index contributed by atoms with van der Waals surface area (Å²) in [5.41, 5.74) is 8.02. The molecule has 3 rings (SSSR count). The second-order valence-electron chi connectivity index (χ2n) is 8.14. The molecule has 0 aliphatic rings. The van der Waals surface area contributed by atoms with E-state index < -0.39 is 12.7 Å². The maximum atomic E-state index is 12.6. The lowest BCUT2D eigenvalue weighted by molar-refractivity contribution is 0.414. The number of methoxy groups -OCH3 is 1. The number of nitrogens with zero attached hydrogens (tertiary/aromatic N) is 2. The van der Waals surface area contributed by atoms with Gasteiger partial charge < -0.3 is 25.7 Å². The SMILES string of the molecule is COc1cc(C(C)(C)N)ccc1Nc1ncc(Cl)c(Nc2ccccc2P(C)(C)=O)n1. The van der Waals surface area contributed by atoms with Crippen molar-refractivity contribution in [2.45, 2.75) is 19.4 Å². The molecule has 2 aromatic carbocycles. The minimum atomic E-state index is -2.50. The highest BCUT2D eigenvalue weighted by atomic mass is 35.5. The molecule has 0 radical (unpaired) electrons. The summed E-state index contributed by atoms with van der Waals surface area (Å²) in [4.78, 5) is 8.76. The number of nitrogens with one attached hydrogen (secondary N) is 2. The van der Waals surface area contributed by atoms with Crippen LogP contribution >= 0.6 is 18.7 Å². The van der Waals surface area contributed by atoms with Crippen molar-refractivity contribution >= 4 is 47.2 Å². The van der Waals surface area contributed by atoms with Crippen molar-refractivity contribution in [1.82, 2.24) is 9.97 Å². The van der Waals surface area contributed by atoms with Crippen LogP contribution in [0.15, 0.2) is 48.7 Å². The Labute approximate surface area is 187 Å². The smallest absolute Gasteiger partial charge is 0.229 e. The number of nitrogens with two attached hydrogens (primary N) is 1. The number of hydrogen-bond donors (Lipinski definition) is 3. The van der Waals surface area contributed by atoms with Gasteiger partial charge in [0, 0.05) is 10.8 Å². The molecule has 0 aliphatic carbocycles. The lowest BCUT2D eigenvalue weighted by Gasteiger charge is -2.21. The van der Waals surface area contributed by atoms with Crippen molar-refractivity contribution in [3.8, 4) is 5.75 Å². The van der Waals surface area contributed by atoms with E-state index in [1.165, 1.54) is 6.20 Å². The molecule has 0 atom stereocenters. The maximum absolute atomic E-state index is 12.6. The van der Waals surface area contributed by atoms with E-state index in [-0.39, 0.29) is 0 Å². The van der Waals surface area contributed by atoms with Crippen LogP contribution in [-0.2, 0) is 10.1 Å². The Hall–Kier alpha value is -2.60. The molecule has 0 spiro atoms. The van der Waals surface area contributed by atoms with Gasteiger partial charge >= 0.3 is 0 Å². The van der Waals surface area contributed by atoms with Crippen molar-refractivity contribution in [2.24, 2.45) is 5.73 Å². The molecule has 31 heavy (non-hydrogen) atoms. The average Bonchev–Trinajstić information content (AvgIpc) is 2.69. The zero-order valence-electron chi connectivity index (χ0n) is 18.2. The summed E-state index contributed by atoms with van der Waals surface area (Å²) < 4.78 is 18.2. The zero-order chi connectivity index (χ0) is 22.8. The Bertz CT molecular complexity index is 1140. The molecule has 0 bridgehead atoms. The number of rotatable bonds is 7. The van der Waals surface area contributed by atoms with Crippen molar-refractivity contribution < 1.29 is 9.30 Å². The molecule has 3 aromatic rings. The van der Waals surface area contributed by atoms with E-state index in [0.29, 0.717) is 33.9 Å². The number of benzene rings is 2. The summed E-state index contributed by atoms with van der Waals surface area (Å²) in [6.07, 6.45) is 1.50. The molecule has 7 nitrogen and oxygen atoms in total. The summed E-state index contributed by atoms with van der Waals surface area (Å²) in [5, 5.41) is 7.41. The summed E-state index contributed by atoms with van der Waals surface area (Å²) in [7, 11) is -0.904. The maximum Gasteiger partial charge on any atom is 0.229 e. The predicted octanol–water partition coefficient (Wildman–Crippen LogP) is 5.07. The molecule has 9 heteroatoms. The Kier molecular flexibility index (Phi) is 6.60. The second-order valence-corrected chi connectivity index (χ2v) is 11.7. The van der Waals surface area contributed by atoms with Crippen molar-refractivity contribution in [1.29, 1.82) is 0 Å². The van der Waals surface area contributed by atoms with E-state index in [2.05, 4.69) is 20.6 Å². The minimum Gasteiger partial charge on any atom is -0.495 e. The molecular weight excluding hydrogens is 433 g/mol. The fourth-order valence-corrected chi connectivity index (χ4v) is 4.30. The quantitative estimate of drug-likeness (QED) is 0.424. The monoisotopic (exact) mass is 459 g/mol. The summed E-state index contributed by atoms with van der Waals surface area (Å²) in [5.74, 6) is 1.35. The Balaban J connectivity index is 1.92. The third-order valence-electron chi connectivity index (χ3n) is 4.67. The normalized spacial score (nSPS) is 11.8. The third-order valence-corrected chi connectivity index (χ3v) is 6.50. The van der Waals surface area contributed by atoms with Crippen LogP contribution < -0.4 is 26.4 Å².